The Kier molecular flexibility index (Phi) is 3.82. The lowest BCUT2D eigenvalue weighted by Gasteiger charge is -2.13. The third kappa shape index (κ3) is 3.35. The van der Waals surface area contributed by atoms with Gasteiger partial charge in [-0.05, 0) is 18.6 Å². The summed E-state index contributed by atoms with van der Waals surface area (Å²) in [5, 5.41) is 3.30. The van der Waals surface area contributed by atoms with Gasteiger partial charge in [-0.25, -0.2) is 9.37 Å². The molecule has 0 fully saturated rings. The van der Waals surface area contributed by atoms with Crippen molar-refractivity contribution in [3.05, 3.63) is 48.1 Å². The number of pyridine rings is 1. The molecule has 0 saturated carbocycles. The topological polar surface area (TPSA) is 53.6 Å². The molecule has 0 aliphatic heterocycles. The van der Waals surface area contributed by atoms with Crippen LogP contribution in [0, 0.1) is 5.82 Å². The van der Waals surface area contributed by atoms with Crippen molar-refractivity contribution in [3.8, 4) is 0 Å². The highest BCUT2D eigenvalue weighted by Gasteiger charge is 2.06. The molecule has 0 radical (unpaired) electrons. The molecule has 2 aromatic heterocycles. The molecule has 0 aromatic carbocycles. The van der Waals surface area contributed by atoms with Crippen molar-refractivity contribution in [2.45, 2.75) is 19.4 Å². The maximum absolute atomic E-state index is 13.0. The van der Waals surface area contributed by atoms with Crippen molar-refractivity contribution in [2.75, 3.05) is 6.54 Å². The molecule has 0 bridgehead atoms. The number of aromatic amines is 1. The van der Waals surface area contributed by atoms with Gasteiger partial charge in [0.05, 0.1) is 6.20 Å². The summed E-state index contributed by atoms with van der Waals surface area (Å²) in [5.74, 6) is 0.643. The number of hydrogen-bond donors (Lipinski definition) is 2. The van der Waals surface area contributed by atoms with Crippen molar-refractivity contribution in [3.63, 3.8) is 0 Å². The first kappa shape index (κ1) is 11.7. The molecule has 2 heterocycles. The second kappa shape index (κ2) is 5.54. The van der Waals surface area contributed by atoms with Gasteiger partial charge < -0.3 is 10.3 Å². The molecule has 2 rings (SSSR count). The minimum Gasteiger partial charge on any atom is -0.349 e. The predicted octanol–water partition coefficient (Wildman–Crippen LogP) is 1.84. The Hall–Kier alpha value is -1.75. The largest absolute Gasteiger partial charge is 0.349 e. The second-order valence-electron chi connectivity index (χ2n) is 3.90. The van der Waals surface area contributed by atoms with Gasteiger partial charge in [0.2, 0.25) is 0 Å². The molecule has 2 aromatic rings. The van der Waals surface area contributed by atoms with E-state index < -0.39 is 0 Å². The number of imidazole rings is 1. The van der Waals surface area contributed by atoms with E-state index in [2.05, 4.69) is 20.3 Å². The van der Waals surface area contributed by atoms with Crippen molar-refractivity contribution in [2.24, 2.45) is 0 Å². The monoisotopic (exact) mass is 234 g/mol. The molecule has 4 nitrogen and oxygen atoms in total. The minimum atomic E-state index is -0.304. The first-order valence-electron chi connectivity index (χ1n) is 5.58. The molecule has 1 atom stereocenters. The standard InChI is InChI=1S/C12H15FN4/c1-9(10-6-11(13)8-14-7-10)15-3-2-12-16-4-5-17-12/h4-9,15H,2-3H2,1H3,(H,16,17). The van der Waals surface area contributed by atoms with Crippen LogP contribution in [0.3, 0.4) is 0 Å². The highest BCUT2D eigenvalue weighted by molar-refractivity contribution is 5.14. The quantitative estimate of drug-likeness (QED) is 0.830. The van der Waals surface area contributed by atoms with Gasteiger partial charge in [0.1, 0.15) is 11.6 Å². The Bertz CT molecular complexity index is 455. The average molecular weight is 234 g/mol. The first-order chi connectivity index (χ1) is 8.25. The molecule has 1 unspecified atom stereocenters. The molecule has 0 spiro atoms. The molecule has 0 aliphatic rings. The Balaban J connectivity index is 1.83. The van der Waals surface area contributed by atoms with Gasteiger partial charge in [-0.1, -0.05) is 0 Å². The fourth-order valence-corrected chi connectivity index (χ4v) is 1.62. The van der Waals surface area contributed by atoms with Crippen molar-refractivity contribution >= 4 is 0 Å². The fraction of sp³-hybridized carbons (Fsp3) is 0.333. The zero-order valence-electron chi connectivity index (χ0n) is 9.65. The molecule has 2 N–H and O–H groups in total. The lowest BCUT2D eigenvalue weighted by molar-refractivity contribution is 0.559. The fourth-order valence-electron chi connectivity index (χ4n) is 1.62. The van der Waals surface area contributed by atoms with E-state index in [4.69, 9.17) is 0 Å². The summed E-state index contributed by atoms with van der Waals surface area (Å²) in [6.07, 6.45) is 7.23. The third-order valence-electron chi connectivity index (χ3n) is 2.59. The second-order valence-corrected chi connectivity index (χ2v) is 3.90. The van der Waals surface area contributed by atoms with Crippen LogP contribution in [0.25, 0.3) is 0 Å². The van der Waals surface area contributed by atoms with Crippen LogP contribution >= 0.6 is 0 Å². The number of halogens is 1. The maximum Gasteiger partial charge on any atom is 0.141 e. The van der Waals surface area contributed by atoms with Crippen molar-refractivity contribution in [1.82, 2.24) is 20.3 Å². The highest BCUT2D eigenvalue weighted by Crippen LogP contribution is 2.11. The van der Waals surface area contributed by atoms with E-state index in [0.717, 1.165) is 24.4 Å². The maximum atomic E-state index is 13.0. The van der Waals surface area contributed by atoms with Crippen LogP contribution in [0.5, 0.6) is 0 Å². The third-order valence-corrected chi connectivity index (χ3v) is 2.59. The van der Waals surface area contributed by atoms with E-state index in [0.29, 0.717) is 0 Å². The number of hydrogen-bond acceptors (Lipinski definition) is 3. The number of nitrogens with zero attached hydrogens (tertiary/aromatic N) is 2. The molecule has 0 saturated heterocycles. The summed E-state index contributed by atoms with van der Waals surface area (Å²) < 4.78 is 13.0. The highest BCUT2D eigenvalue weighted by atomic mass is 19.1. The average Bonchev–Trinajstić information content (AvgIpc) is 2.82. The Morgan fingerprint density at radius 2 is 2.35 bits per heavy atom. The summed E-state index contributed by atoms with van der Waals surface area (Å²) in [4.78, 5) is 11.0. The normalized spacial score (nSPS) is 12.6. The van der Waals surface area contributed by atoms with Crippen molar-refractivity contribution in [1.29, 1.82) is 0 Å². The first-order valence-corrected chi connectivity index (χ1v) is 5.58. The van der Waals surface area contributed by atoms with E-state index in [1.165, 1.54) is 12.3 Å². The van der Waals surface area contributed by atoms with Gasteiger partial charge in [-0.2, -0.15) is 0 Å². The van der Waals surface area contributed by atoms with Crippen LogP contribution in [-0.4, -0.2) is 21.5 Å². The van der Waals surface area contributed by atoms with E-state index in [1.54, 1.807) is 18.6 Å². The summed E-state index contributed by atoms with van der Waals surface area (Å²) in [7, 11) is 0. The lowest BCUT2D eigenvalue weighted by Crippen LogP contribution is -2.21. The van der Waals surface area contributed by atoms with Crippen LogP contribution in [0.2, 0.25) is 0 Å². The van der Waals surface area contributed by atoms with Crippen LogP contribution in [-0.2, 0) is 6.42 Å². The van der Waals surface area contributed by atoms with Crippen LogP contribution in [0.4, 0.5) is 4.39 Å². The zero-order valence-corrected chi connectivity index (χ0v) is 9.65. The SMILES string of the molecule is CC(NCCc1ncc[nH]1)c1cncc(F)c1. The minimum absolute atomic E-state index is 0.0770. The van der Waals surface area contributed by atoms with E-state index >= 15 is 0 Å². The summed E-state index contributed by atoms with van der Waals surface area (Å²) >= 11 is 0. The van der Waals surface area contributed by atoms with Gasteiger partial charge in [-0.15, -0.1) is 0 Å². The number of H-pyrrole nitrogens is 1. The van der Waals surface area contributed by atoms with Crippen LogP contribution in [0.15, 0.2) is 30.9 Å². The molecule has 5 heteroatoms. The number of aromatic nitrogens is 3. The molecule has 90 valence electrons. The smallest absolute Gasteiger partial charge is 0.141 e. The van der Waals surface area contributed by atoms with Crippen LogP contribution < -0.4 is 5.32 Å². The van der Waals surface area contributed by atoms with E-state index in [-0.39, 0.29) is 11.9 Å². The molecular weight excluding hydrogens is 219 g/mol. The summed E-state index contributed by atoms with van der Waals surface area (Å²) in [6, 6.07) is 1.57. The van der Waals surface area contributed by atoms with E-state index in [9.17, 15) is 4.39 Å². The number of rotatable bonds is 5. The van der Waals surface area contributed by atoms with Gasteiger partial charge in [0, 0.05) is 37.6 Å². The number of nitrogens with one attached hydrogen (secondary N) is 2. The van der Waals surface area contributed by atoms with Gasteiger partial charge in [0.15, 0.2) is 0 Å². The zero-order chi connectivity index (χ0) is 12.1. The molecule has 17 heavy (non-hydrogen) atoms. The van der Waals surface area contributed by atoms with Gasteiger partial charge >= 0.3 is 0 Å². The summed E-state index contributed by atoms with van der Waals surface area (Å²) in [6.45, 7) is 2.77. The Labute approximate surface area is 99.3 Å². The molecule has 0 amide bonds. The van der Waals surface area contributed by atoms with Crippen LogP contribution in [0.1, 0.15) is 24.4 Å². The Morgan fingerprint density at radius 3 is 3.06 bits per heavy atom. The lowest BCUT2D eigenvalue weighted by atomic mass is 10.1. The van der Waals surface area contributed by atoms with E-state index in [1.807, 2.05) is 6.92 Å². The Morgan fingerprint density at radius 1 is 1.47 bits per heavy atom. The molecular formula is C12H15FN4. The summed E-state index contributed by atoms with van der Waals surface area (Å²) in [5.41, 5.74) is 0.851. The van der Waals surface area contributed by atoms with Gasteiger partial charge in [0.25, 0.3) is 0 Å². The van der Waals surface area contributed by atoms with Gasteiger partial charge in [-0.3, -0.25) is 4.98 Å². The molecule has 0 aliphatic carbocycles. The predicted molar refractivity (Wildman–Crippen MR) is 62.9 cm³/mol. The van der Waals surface area contributed by atoms with Crippen molar-refractivity contribution < 1.29 is 4.39 Å².